The zero-order chi connectivity index (χ0) is 22.4. The molecule has 1 heterocycles. The van der Waals surface area contributed by atoms with Crippen LogP contribution in [0.1, 0.15) is 81.8 Å². The van der Waals surface area contributed by atoms with Crippen LogP contribution in [0.5, 0.6) is 0 Å². The van der Waals surface area contributed by atoms with Crippen molar-refractivity contribution in [3.05, 3.63) is 83.2 Å². The molecule has 3 rings (SSSR count). The zero-order valence-electron chi connectivity index (χ0n) is 19.5. The first-order valence-electron chi connectivity index (χ1n) is 11.5. The number of hydrogen-bond donors (Lipinski definition) is 1. The summed E-state index contributed by atoms with van der Waals surface area (Å²) in [6, 6.07) is 19.2. The van der Waals surface area contributed by atoms with E-state index in [1.165, 1.54) is 11.1 Å². The second-order valence-electron chi connectivity index (χ2n) is 8.75. The molecule has 0 atom stereocenters. The minimum Gasteiger partial charge on any atom is -0.392 e. The Labute approximate surface area is 187 Å². The van der Waals surface area contributed by atoms with E-state index in [2.05, 4.69) is 95.3 Å². The fourth-order valence-electron chi connectivity index (χ4n) is 4.08. The summed E-state index contributed by atoms with van der Waals surface area (Å²) in [6.07, 6.45) is 6.60. The molecule has 0 aliphatic carbocycles. The van der Waals surface area contributed by atoms with Crippen LogP contribution in [-0.2, 0) is 6.61 Å². The third-order valence-electron chi connectivity index (χ3n) is 5.67. The molecule has 1 N–H and O–H groups in total. The summed E-state index contributed by atoms with van der Waals surface area (Å²) in [7, 11) is 0. The SMILES string of the molecule is CCCC=Cc1c(C(C)C)nc(C(C)C)c(CO)c1-c1ccc(-c2ccccc2)cc1. The van der Waals surface area contributed by atoms with E-state index in [1.807, 2.05) is 6.07 Å². The predicted octanol–water partition coefficient (Wildman–Crippen LogP) is 7.97. The molecule has 0 aliphatic rings. The highest BCUT2D eigenvalue weighted by molar-refractivity contribution is 5.81. The van der Waals surface area contributed by atoms with Gasteiger partial charge in [0.15, 0.2) is 0 Å². The van der Waals surface area contributed by atoms with E-state index >= 15 is 0 Å². The van der Waals surface area contributed by atoms with Crippen LogP contribution < -0.4 is 0 Å². The summed E-state index contributed by atoms with van der Waals surface area (Å²) in [6.45, 7) is 10.9. The molecule has 0 amide bonds. The smallest absolute Gasteiger partial charge is 0.0706 e. The molecule has 2 aromatic carbocycles. The molecule has 2 nitrogen and oxygen atoms in total. The Balaban J connectivity index is 2.24. The minimum atomic E-state index is -0.0106. The number of aliphatic hydroxyl groups is 1. The molecule has 0 aliphatic heterocycles. The number of aliphatic hydroxyl groups excluding tert-OH is 1. The summed E-state index contributed by atoms with van der Waals surface area (Å²) in [4.78, 5) is 5.06. The lowest BCUT2D eigenvalue weighted by atomic mass is 9.86. The molecule has 0 spiro atoms. The number of aromatic nitrogens is 1. The first-order valence-corrected chi connectivity index (χ1v) is 11.5. The highest BCUT2D eigenvalue weighted by Crippen LogP contribution is 2.38. The molecule has 31 heavy (non-hydrogen) atoms. The van der Waals surface area contributed by atoms with Crippen molar-refractivity contribution in [3.63, 3.8) is 0 Å². The van der Waals surface area contributed by atoms with Gasteiger partial charge in [-0.3, -0.25) is 4.98 Å². The summed E-state index contributed by atoms with van der Waals surface area (Å²) in [5.41, 5.74) is 8.85. The van der Waals surface area contributed by atoms with Gasteiger partial charge in [0, 0.05) is 16.8 Å². The molecule has 3 aromatic rings. The van der Waals surface area contributed by atoms with Gasteiger partial charge in [-0.1, -0.05) is 108 Å². The van der Waals surface area contributed by atoms with Gasteiger partial charge in [-0.05, 0) is 40.5 Å². The van der Waals surface area contributed by atoms with Gasteiger partial charge < -0.3 is 5.11 Å². The maximum atomic E-state index is 10.4. The molecule has 0 bridgehead atoms. The third-order valence-corrected chi connectivity index (χ3v) is 5.67. The van der Waals surface area contributed by atoms with Crippen LogP contribution >= 0.6 is 0 Å². The summed E-state index contributed by atoms with van der Waals surface area (Å²) in [5, 5.41) is 10.4. The fraction of sp³-hybridized carbons (Fsp3) is 0.345. The average molecular weight is 414 g/mol. The van der Waals surface area contributed by atoms with Crippen LogP contribution in [0.3, 0.4) is 0 Å². The van der Waals surface area contributed by atoms with Gasteiger partial charge in [0.05, 0.1) is 12.3 Å². The maximum absolute atomic E-state index is 10.4. The molecule has 2 heteroatoms. The van der Waals surface area contributed by atoms with Gasteiger partial charge in [0.25, 0.3) is 0 Å². The van der Waals surface area contributed by atoms with E-state index in [1.54, 1.807) is 0 Å². The maximum Gasteiger partial charge on any atom is 0.0706 e. The molecule has 0 saturated carbocycles. The number of benzene rings is 2. The highest BCUT2D eigenvalue weighted by Gasteiger charge is 2.22. The van der Waals surface area contributed by atoms with Crippen LogP contribution in [0.25, 0.3) is 28.3 Å². The molecule has 1 aromatic heterocycles. The average Bonchev–Trinajstić information content (AvgIpc) is 2.79. The summed E-state index contributed by atoms with van der Waals surface area (Å²) in [5.74, 6) is 0.546. The number of nitrogens with zero attached hydrogens (tertiary/aromatic N) is 1. The highest BCUT2D eigenvalue weighted by atomic mass is 16.3. The Morgan fingerprint density at radius 3 is 1.94 bits per heavy atom. The predicted molar refractivity (Wildman–Crippen MR) is 133 cm³/mol. The third kappa shape index (κ3) is 5.14. The lowest BCUT2D eigenvalue weighted by molar-refractivity contribution is 0.280. The quantitative estimate of drug-likeness (QED) is 0.406. The first-order chi connectivity index (χ1) is 15.0. The summed E-state index contributed by atoms with van der Waals surface area (Å²) < 4.78 is 0. The van der Waals surface area contributed by atoms with Crippen molar-refractivity contribution in [1.82, 2.24) is 4.98 Å². The van der Waals surface area contributed by atoms with Crippen LogP contribution in [0, 0.1) is 0 Å². The first kappa shape index (κ1) is 23.0. The minimum absolute atomic E-state index is 0.0106. The van der Waals surface area contributed by atoms with Crippen LogP contribution in [-0.4, -0.2) is 10.1 Å². The van der Waals surface area contributed by atoms with E-state index in [9.17, 15) is 5.11 Å². The second kappa shape index (κ2) is 10.5. The second-order valence-corrected chi connectivity index (χ2v) is 8.75. The van der Waals surface area contributed by atoms with Crippen molar-refractivity contribution < 1.29 is 5.11 Å². The molecule has 0 fully saturated rings. The van der Waals surface area contributed by atoms with Crippen molar-refractivity contribution in [2.45, 2.75) is 65.9 Å². The van der Waals surface area contributed by atoms with Crippen molar-refractivity contribution in [2.24, 2.45) is 0 Å². The Morgan fingerprint density at radius 1 is 0.806 bits per heavy atom. The Hall–Kier alpha value is -2.71. The van der Waals surface area contributed by atoms with Crippen molar-refractivity contribution >= 4 is 6.08 Å². The van der Waals surface area contributed by atoms with E-state index in [0.29, 0.717) is 5.92 Å². The van der Waals surface area contributed by atoms with Crippen LogP contribution in [0.4, 0.5) is 0 Å². The Bertz CT molecular complexity index is 1010. The number of unbranched alkanes of at least 4 members (excludes halogenated alkanes) is 1. The van der Waals surface area contributed by atoms with Gasteiger partial charge >= 0.3 is 0 Å². The van der Waals surface area contributed by atoms with Gasteiger partial charge in [0.2, 0.25) is 0 Å². The van der Waals surface area contributed by atoms with E-state index in [4.69, 9.17) is 4.98 Å². The largest absolute Gasteiger partial charge is 0.392 e. The van der Waals surface area contributed by atoms with E-state index in [-0.39, 0.29) is 12.5 Å². The molecule has 162 valence electrons. The Morgan fingerprint density at radius 2 is 1.39 bits per heavy atom. The molecule has 0 saturated heterocycles. The summed E-state index contributed by atoms with van der Waals surface area (Å²) >= 11 is 0. The molecular weight excluding hydrogens is 378 g/mol. The van der Waals surface area contributed by atoms with Crippen molar-refractivity contribution in [3.8, 4) is 22.3 Å². The van der Waals surface area contributed by atoms with Crippen LogP contribution in [0.15, 0.2) is 60.7 Å². The van der Waals surface area contributed by atoms with Crippen LogP contribution in [0.2, 0.25) is 0 Å². The number of allylic oxidation sites excluding steroid dienone is 1. The lowest BCUT2D eigenvalue weighted by Gasteiger charge is -2.23. The number of rotatable bonds is 8. The topological polar surface area (TPSA) is 33.1 Å². The van der Waals surface area contributed by atoms with Gasteiger partial charge in [-0.15, -0.1) is 0 Å². The van der Waals surface area contributed by atoms with Gasteiger partial charge in [-0.25, -0.2) is 0 Å². The zero-order valence-corrected chi connectivity index (χ0v) is 19.5. The normalized spacial score (nSPS) is 11.7. The van der Waals surface area contributed by atoms with Gasteiger partial charge in [0.1, 0.15) is 0 Å². The molecule has 0 unspecified atom stereocenters. The van der Waals surface area contributed by atoms with Gasteiger partial charge in [-0.2, -0.15) is 0 Å². The van der Waals surface area contributed by atoms with Crippen molar-refractivity contribution in [2.75, 3.05) is 0 Å². The van der Waals surface area contributed by atoms with E-state index in [0.717, 1.165) is 46.5 Å². The molecular formula is C29H35NO. The fourth-order valence-corrected chi connectivity index (χ4v) is 4.08. The van der Waals surface area contributed by atoms with E-state index < -0.39 is 0 Å². The molecule has 0 radical (unpaired) electrons. The number of pyridine rings is 1. The Kier molecular flexibility index (Phi) is 7.81. The number of hydrogen-bond acceptors (Lipinski definition) is 2. The van der Waals surface area contributed by atoms with Crippen molar-refractivity contribution in [1.29, 1.82) is 0 Å². The standard InChI is InChI=1S/C29H35NO/c1-6-7-9-14-25-27(26(19-31)29(21(4)5)30-28(25)20(2)3)24-17-15-23(16-18-24)22-12-10-8-11-13-22/h8-18,20-21,31H,6-7,19H2,1-5H3. The monoisotopic (exact) mass is 413 g/mol. The lowest BCUT2D eigenvalue weighted by Crippen LogP contribution is -2.10.